The lowest BCUT2D eigenvalue weighted by molar-refractivity contribution is 0.739. The van der Waals surface area contributed by atoms with Crippen LogP contribution in [0.2, 0.25) is 0 Å². The van der Waals surface area contributed by atoms with Gasteiger partial charge in [0.05, 0.1) is 11.9 Å². The molecule has 1 aliphatic rings. The van der Waals surface area contributed by atoms with Gasteiger partial charge in [-0.2, -0.15) is 16.9 Å². The molecule has 0 bridgehead atoms. The molecule has 1 aromatic rings. The number of aryl methyl sites for hydroxylation is 1. The van der Waals surface area contributed by atoms with Crippen molar-refractivity contribution in [2.24, 2.45) is 7.05 Å². The molecule has 1 fully saturated rings. The Morgan fingerprint density at radius 3 is 3.00 bits per heavy atom. The summed E-state index contributed by atoms with van der Waals surface area (Å²) in [6.07, 6.45) is 3.11. The summed E-state index contributed by atoms with van der Waals surface area (Å²) < 4.78 is 2.86. The number of hydrogen-bond donors (Lipinski definition) is 1. The zero-order chi connectivity index (χ0) is 10.1. The zero-order valence-corrected chi connectivity index (χ0v) is 10.7. The lowest BCUT2D eigenvalue weighted by atomic mass is 10.2. The molecule has 1 aromatic heterocycles. The van der Waals surface area contributed by atoms with E-state index >= 15 is 0 Å². The predicted molar refractivity (Wildman–Crippen MR) is 64.9 cm³/mol. The summed E-state index contributed by atoms with van der Waals surface area (Å²) in [6, 6.07) is 0.593. The number of thioether (sulfide) groups is 1. The maximum Gasteiger partial charge on any atom is 0.126 e. The second-order valence-electron chi connectivity index (χ2n) is 3.69. The number of aromatic nitrogens is 2. The molecule has 1 saturated heterocycles. The fraction of sp³-hybridized carbons (Fsp3) is 0.667. The molecule has 5 heteroatoms. The van der Waals surface area contributed by atoms with Gasteiger partial charge in [0, 0.05) is 24.1 Å². The highest BCUT2D eigenvalue weighted by molar-refractivity contribution is 9.10. The first kappa shape index (κ1) is 10.4. The molecule has 0 radical (unpaired) electrons. The third-order valence-corrected chi connectivity index (χ3v) is 4.72. The van der Waals surface area contributed by atoms with Gasteiger partial charge < -0.3 is 5.32 Å². The number of rotatable bonds is 2. The van der Waals surface area contributed by atoms with Gasteiger partial charge in [-0.05, 0) is 22.4 Å². The number of halogens is 1. The van der Waals surface area contributed by atoms with Gasteiger partial charge in [-0.1, -0.05) is 6.92 Å². The molecule has 0 amide bonds. The summed E-state index contributed by atoms with van der Waals surface area (Å²) in [5.74, 6) is 1.20. The molecule has 3 nitrogen and oxygen atoms in total. The monoisotopic (exact) mass is 275 g/mol. The first-order valence-electron chi connectivity index (χ1n) is 4.72. The van der Waals surface area contributed by atoms with Gasteiger partial charge in [-0.15, -0.1) is 0 Å². The molecule has 2 atom stereocenters. The Balaban J connectivity index is 2.01. The largest absolute Gasteiger partial charge is 0.378 e. The maximum atomic E-state index is 4.18. The lowest BCUT2D eigenvalue weighted by Crippen LogP contribution is -2.18. The van der Waals surface area contributed by atoms with Crippen molar-refractivity contribution < 1.29 is 0 Å². The van der Waals surface area contributed by atoms with Gasteiger partial charge in [-0.3, -0.25) is 4.68 Å². The molecule has 2 unspecified atom stereocenters. The van der Waals surface area contributed by atoms with Crippen molar-refractivity contribution in [2.75, 3.05) is 11.1 Å². The van der Waals surface area contributed by atoms with Crippen molar-refractivity contribution in [3.63, 3.8) is 0 Å². The van der Waals surface area contributed by atoms with Crippen molar-refractivity contribution in [1.29, 1.82) is 0 Å². The Morgan fingerprint density at radius 1 is 1.71 bits per heavy atom. The number of nitrogens with zero attached hydrogens (tertiary/aromatic N) is 2. The highest BCUT2D eigenvalue weighted by Gasteiger charge is 2.22. The fourth-order valence-corrected chi connectivity index (χ4v) is 3.11. The van der Waals surface area contributed by atoms with E-state index in [1.807, 2.05) is 29.7 Å². The third kappa shape index (κ3) is 2.08. The van der Waals surface area contributed by atoms with Crippen LogP contribution in [0.5, 0.6) is 0 Å². The van der Waals surface area contributed by atoms with Gasteiger partial charge in [0.2, 0.25) is 0 Å². The van der Waals surface area contributed by atoms with Crippen molar-refractivity contribution in [3.05, 3.63) is 10.8 Å². The van der Waals surface area contributed by atoms with Crippen LogP contribution in [-0.2, 0) is 7.05 Å². The Kier molecular flexibility index (Phi) is 3.07. The van der Waals surface area contributed by atoms with Gasteiger partial charge in [0.15, 0.2) is 0 Å². The van der Waals surface area contributed by atoms with Gasteiger partial charge >= 0.3 is 0 Å². The number of hydrogen-bond acceptors (Lipinski definition) is 3. The molecule has 0 aromatic carbocycles. The summed E-state index contributed by atoms with van der Waals surface area (Å²) in [7, 11) is 1.93. The van der Waals surface area contributed by atoms with E-state index in [1.165, 1.54) is 12.2 Å². The maximum absolute atomic E-state index is 4.18. The Morgan fingerprint density at radius 2 is 2.50 bits per heavy atom. The van der Waals surface area contributed by atoms with Crippen molar-refractivity contribution in [3.8, 4) is 0 Å². The van der Waals surface area contributed by atoms with Crippen LogP contribution >= 0.6 is 27.7 Å². The summed E-state index contributed by atoms with van der Waals surface area (Å²) >= 11 is 5.54. The number of anilines is 1. The third-order valence-electron chi connectivity index (χ3n) is 2.42. The van der Waals surface area contributed by atoms with E-state index < -0.39 is 0 Å². The molecule has 0 spiro atoms. The van der Waals surface area contributed by atoms with Gasteiger partial charge in [-0.25, -0.2) is 0 Å². The smallest absolute Gasteiger partial charge is 0.126 e. The highest BCUT2D eigenvalue weighted by Crippen LogP contribution is 2.30. The molecule has 1 aliphatic heterocycles. The second kappa shape index (κ2) is 4.14. The minimum Gasteiger partial charge on any atom is -0.378 e. The van der Waals surface area contributed by atoms with E-state index in [2.05, 4.69) is 33.3 Å². The Labute approximate surface area is 96.8 Å². The van der Waals surface area contributed by atoms with E-state index in [9.17, 15) is 0 Å². The van der Waals surface area contributed by atoms with Crippen molar-refractivity contribution in [2.45, 2.75) is 24.6 Å². The normalized spacial score (nSPS) is 26.8. The van der Waals surface area contributed by atoms with Crippen molar-refractivity contribution in [1.82, 2.24) is 9.78 Å². The standard InChI is InChI=1S/C9H14BrN3S/c1-6-3-7(5-14-6)12-8-4-11-13(2)9(8)10/h4,6-7,12H,3,5H2,1-2H3. The SMILES string of the molecule is CC1CC(Nc2cnn(C)c2Br)CS1. The molecule has 1 N–H and O–H groups in total. The summed E-state index contributed by atoms with van der Waals surface area (Å²) in [5, 5.41) is 8.47. The van der Waals surface area contributed by atoms with E-state index in [0.717, 1.165) is 15.5 Å². The average molecular weight is 276 g/mol. The minimum atomic E-state index is 0.593. The first-order chi connectivity index (χ1) is 6.66. The zero-order valence-electron chi connectivity index (χ0n) is 8.33. The van der Waals surface area contributed by atoms with E-state index in [1.54, 1.807) is 0 Å². The van der Waals surface area contributed by atoms with Crippen LogP contribution in [0.4, 0.5) is 5.69 Å². The molecular formula is C9H14BrN3S. The van der Waals surface area contributed by atoms with Crippen LogP contribution in [0, 0.1) is 0 Å². The molecule has 14 heavy (non-hydrogen) atoms. The van der Waals surface area contributed by atoms with E-state index in [-0.39, 0.29) is 0 Å². The van der Waals surface area contributed by atoms with Crippen LogP contribution in [0.25, 0.3) is 0 Å². The minimum absolute atomic E-state index is 0.593. The summed E-state index contributed by atoms with van der Waals surface area (Å²) in [4.78, 5) is 0. The number of nitrogens with one attached hydrogen (secondary N) is 1. The van der Waals surface area contributed by atoms with E-state index in [4.69, 9.17) is 0 Å². The average Bonchev–Trinajstić information content (AvgIpc) is 2.67. The predicted octanol–water partition coefficient (Wildman–Crippen LogP) is 2.49. The molecular weight excluding hydrogens is 262 g/mol. The van der Waals surface area contributed by atoms with E-state index in [0.29, 0.717) is 6.04 Å². The van der Waals surface area contributed by atoms with Crippen LogP contribution in [0.3, 0.4) is 0 Å². The van der Waals surface area contributed by atoms with Crippen LogP contribution in [0.15, 0.2) is 10.8 Å². The molecule has 2 heterocycles. The topological polar surface area (TPSA) is 29.9 Å². The Bertz CT molecular complexity index is 326. The van der Waals surface area contributed by atoms with Crippen LogP contribution in [-0.4, -0.2) is 26.8 Å². The van der Waals surface area contributed by atoms with Crippen LogP contribution in [0.1, 0.15) is 13.3 Å². The van der Waals surface area contributed by atoms with Gasteiger partial charge in [0.25, 0.3) is 0 Å². The molecule has 2 rings (SSSR count). The summed E-state index contributed by atoms with van der Waals surface area (Å²) in [6.45, 7) is 2.28. The highest BCUT2D eigenvalue weighted by atomic mass is 79.9. The fourth-order valence-electron chi connectivity index (χ4n) is 1.66. The van der Waals surface area contributed by atoms with Crippen LogP contribution < -0.4 is 5.32 Å². The van der Waals surface area contributed by atoms with Gasteiger partial charge in [0.1, 0.15) is 4.60 Å². The quantitative estimate of drug-likeness (QED) is 0.900. The molecule has 78 valence electrons. The first-order valence-corrected chi connectivity index (χ1v) is 6.56. The Hall–Kier alpha value is -0.160. The lowest BCUT2D eigenvalue weighted by Gasteiger charge is -2.11. The summed E-state index contributed by atoms with van der Waals surface area (Å²) in [5.41, 5.74) is 1.10. The molecule has 0 aliphatic carbocycles. The van der Waals surface area contributed by atoms with Crippen molar-refractivity contribution >= 4 is 33.4 Å². The molecule has 0 saturated carbocycles. The second-order valence-corrected chi connectivity index (χ2v) is 5.92.